The molecule has 28 heavy (non-hydrogen) atoms. The van der Waals surface area contributed by atoms with E-state index in [1.54, 1.807) is 19.3 Å². The van der Waals surface area contributed by atoms with Gasteiger partial charge in [-0.2, -0.15) is 0 Å². The highest BCUT2D eigenvalue weighted by Gasteiger charge is 2.28. The fraction of sp³-hybridized carbons (Fsp3) is 0.571. The zero-order valence-corrected chi connectivity index (χ0v) is 17.1. The van der Waals surface area contributed by atoms with E-state index in [-0.39, 0.29) is 12.6 Å². The summed E-state index contributed by atoms with van der Waals surface area (Å²) in [5.74, 6) is 2.93. The van der Waals surface area contributed by atoms with Crippen LogP contribution in [0.1, 0.15) is 50.0 Å². The molecule has 0 saturated carbocycles. The SMILES string of the molecule is CCNC(=NCC(C)(O)c1ccc(C)o1)NCC(c1ccco1)N1CCCC1. The van der Waals surface area contributed by atoms with Crippen LogP contribution in [0.4, 0.5) is 0 Å². The molecule has 1 aliphatic rings. The third-order valence-corrected chi connectivity index (χ3v) is 5.08. The van der Waals surface area contributed by atoms with Crippen molar-refractivity contribution >= 4 is 5.96 Å². The van der Waals surface area contributed by atoms with Crippen LogP contribution in [0, 0.1) is 6.92 Å². The van der Waals surface area contributed by atoms with Gasteiger partial charge in [0, 0.05) is 13.1 Å². The van der Waals surface area contributed by atoms with Gasteiger partial charge >= 0.3 is 0 Å². The van der Waals surface area contributed by atoms with E-state index in [1.807, 2.05) is 32.0 Å². The number of aryl methyl sites for hydroxylation is 1. The Bertz CT molecular complexity index is 746. The molecule has 2 unspecified atom stereocenters. The van der Waals surface area contributed by atoms with Crippen LogP contribution in [0.25, 0.3) is 0 Å². The highest BCUT2D eigenvalue weighted by molar-refractivity contribution is 5.79. The van der Waals surface area contributed by atoms with E-state index in [0.29, 0.717) is 18.3 Å². The first-order valence-corrected chi connectivity index (χ1v) is 10.1. The molecule has 0 spiro atoms. The maximum absolute atomic E-state index is 10.7. The van der Waals surface area contributed by atoms with E-state index < -0.39 is 5.60 Å². The predicted octanol–water partition coefficient (Wildman–Crippen LogP) is 2.78. The summed E-state index contributed by atoms with van der Waals surface area (Å²) in [5, 5.41) is 17.4. The van der Waals surface area contributed by atoms with Crippen LogP contribution in [0.2, 0.25) is 0 Å². The maximum Gasteiger partial charge on any atom is 0.191 e. The van der Waals surface area contributed by atoms with Crippen LogP contribution < -0.4 is 10.6 Å². The second-order valence-electron chi connectivity index (χ2n) is 7.53. The number of aliphatic hydroxyl groups is 1. The highest BCUT2D eigenvalue weighted by atomic mass is 16.4. The summed E-state index contributed by atoms with van der Waals surface area (Å²) in [7, 11) is 0. The highest BCUT2D eigenvalue weighted by Crippen LogP contribution is 2.25. The Hall–Kier alpha value is -2.25. The summed E-state index contributed by atoms with van der Waals surface area (Å²) in [6.07, 6.45) is 4.16. The second kappa shape index (κ2) is 9.30. The van der Waals surface area contributed by atoms with Gasteiger partial charge in [0.05, 0.1) is 18.8 Å². The van der Waals surface area contributed by atoms with Gasteiger partial charge in [0.15, 0.2) is 5.96 Å². The van der Waals surface area contributed by atoms with E-state index in [2.05, 4.69) is 20.5 Å². The molecular formula is C21H32N4O3. The van der Waals surface area contributed by atoms with E-state index in [0.717, 1.165) is 31.2 Å². The molecule has 3 rings (SSSR count). The van der Waals surface area contributed by atoms with Crippen molar-refractivity contribution in [1.29, 1.82) is 0 Å². The lowest BCUT2D eigenvalue weighted by atomic mass is 10.0. The Morgan fingerprint density at radius 2 is 2.07 bits per heavy atom. The molecule has 3 N–H and O–H groups in total. The monoisotopic (exact) mass is 388 g/mol. The third kappa shape index (κ3) is 5.17. The lowest BCUT2D eigenvalue weighted by Crippen LogP contribution is -2.43. The lowest BCUT2D eigenvalue weighted by molar-refractivity contribution is 0.0428. The van der Waals surface area contributed by atoms with Crippen molar-refractivity contribution in [3.8, 4) is 0 Å². The van der Waals surface area contributed by atoms with Crippen molar-refractivity contribution in [3.63, 3.8) is 0 Å². The summed E-state index contributed by atoms with van der Waals surface area (Å²) in [6, 6.07) is 7.76. The minimum atomic E-state index is -1.16. The Labute approximate surface area is 166 Å². The molecule has 0 amide bonds. The van der Waals surface area contributed by atoms with E-state index in [1.165, 1.54) is 12.8 Å². The van der Waals surface area contributed by atoms with Gasteiger partial charge in [-0.1, -0.05) is 0 Å². The summed E-state index contributed by atoms with van der Waals surface area (Å²) < 4.78 is 11.3. The number of nitrogens with one attached hydrogen (secondary N) is 2. The molecule has 0 aromatic carbocycles. The standard InChI is InChI=1S/C21H32N4O3/c1-4-22-20(24-15-21(3,26)19-10-9-16(2)28-19)23-14-17(18-8-7-13-27-18)25-11-5-6-12-25/h7-10,13,17,26H,4-6,11-12,14-15H2,1-3H3,(H2,22,23,24). The number of hydrogen-bond acceptors (Lipinski definition) is 5. The predicted molar refractivity (Wildman–Crippen MR) is 109 cm³/mol. The summed E-state index contributed by atoms with van der Waals surface area (Å²) in [6.45, 7) is 9.38. The average Bonchev–Trinajstić information content (AvgIpc) is 3.42. The topological polar surface area (TPSA) is 86.2 Å². The van der Waals surface area contributed by atoms with Gasteiger partial charge < -0.3 is 24.6 Å². The maximum atomic E-state index is 10.7. The minimum absolute atomic E-state index is 0.162. The number of nitrogens with zero attached hydrogens (tertiary/aromatic N) is 2. The Balaban J connectivity index is 1.66. The average molecular weight is 389 g/mol. The molecular weight excluding hydrogens is 356 g/mol. The molecule has 3 heterocycles. The van der Waals surface area contributed by atoms with E-state index in [9.17, 15) is 5.11 Å². The van der Waals surface area contributed by atoms with Gasteiger partial charge in [-0.15, -0.1) is 0 Å². The minimum Gasteiger partial charge on any atom is -0.468 e. The van der Waals surface area contributed by atoms with Crippen molar-refractivity contribution in [3.05, 3.63) is 47.8 Å². The van der Waals surface area contributed by atoms with Gasteiger partial charge in [0.1, 0.15) is 22.9 Å². The molecule has 0 radical (unpaired) electrons. The van der Waals surface area contributed by atoms with Gasteiger partial charge in [0.2, 0.25) is 0 Å². The Kier molecular flexibility index (Phi) is 6.80. The molecule has 2 aromatic rings. The number of likely N-dealkylation sites (tertiary alicyclic amines) is 1. The summed E-state index contributed by atoms with van der Waals surface area (Å²) >= 11 is 0. The molecule has 0 aliphatic carbocycles. The normalized spacial score (nSPS) is 18.8. The second-order valence-corrected chi connectivity index (χ2v) is 7.53. The van der Waals surface area contributed by atoms with Crippen LogP contribution >= 0.6 is 0 Å². The number of furan rings is 2. The fourth-order valence-electron chi connectivity index (χ4n) is 3.51. The quantitative estimate of drug-likeness (QED) is 0.476. The van der Waals surface area contributed by atoms with Crippen LogP contribution in [0.5, 0.6) is 0 Å². The number of guanidine groups is 1. The van der Waals surface area contributed by atoms with Gasteiger partial charge in [-0.25, -0.2) is 4.99 Å². The van der Waals surface area contributed by atoms with Crippen LogP contribution in [0.3, 0.4) is 0 Å². The molecule has 2 aromatic heterocycles. The first-order chi connectivity index (χ1) is 13.5. The summed E-state index contributed by atoms with van der Waals surface area (Å²) in [5.41, 5.74) is -1.16. The van der Waals surface area contributed by atoms with Crippen molar-refractivity contribution < 1.29 is 13.9 Å². The van der Waals surface area contributed by atoms with Crippen molar-refractivity contribution in [1.82, 2.24) is 15.5 Å². The molecule has 1 fully saturated rings. The third-order valence-electron chi connectivity index (χ3n) is 5.08. The zero-order chi connectivity index (χ0) is 20.0. The molecule has 7 heteroatoms. The number of rotatable bonds is 8. The molecule has 7 nitrogen and oxygen atoms in total. The van der Waals surface area contributed by atoms with E-state index in [4.69, 9.17) is 8.83 Å². The first-order valence-electron chi connectivity index (χ1n) is 10.1. The fourth-order valence-corrected chi connectivity index (χ4v) is 3.51. The van der Waals surface area contributed by atoms with Crippen molar-refractivity contribution in [2.45, 2.75) is 45.3 Å². The van der Waals surface area contributed by atoms with Crippen LogP contribution in [-0.4, -0.2) is 48.7 Å². The van der Waals surface area contributed by atoms with Gasteiger partial charge in [-0.05, 0) is 71.0 Å². The number of aliphatic imine (C=N–C) groups is 1. The largest absolute Gasteiger partial charge is 0.468 e. The Morgan fingerprint density at radius 3 is 2.68 bits per heavy atom. The van der Waals surface area contributed by atoms with E-state index >= 15 is 0 Å². The zero-order valence-electron chi connectivity index (χ0n) is 17.1. The molecule has 0 bridgehead atoms. The number of hydrogen-bond donors (Lipinski definition) is 3. The van der Waals surface area contributed by atoms with Gasteiger partial charge in [0.25, 0.3) is 0 Å². The molecule has 154 valence electrons. The first kappa shape index (κ1) is 20.5. The summed E-state index contributed by atoms with van der Waals surface area (Å²) in [4.78, 5) is 7.03. The van der Waals surface area contributed by atoms with Crippen LogP contribution in [0.15, 0.2) is 44.4 Å². The van der Waals surface area contributed by atoms with Gasteiger partial charge in [-0.3, -0.25) is 4.90 Å². The molecule has 1 saturated heterocycles. The lowest BCUT2D eigenvalue weighted by Gasteiger charge is -2.27. The van der Waals surface area contributed by atoms with Crippen LogP contribution in [-0.2, 0) is 5.60 Å². The molecule has 1 aliphatic heterocycles. The van der Waals surface area contributed by atoms with Crippen molar-refractivity contribution in [2.75, 3.05) is 32.7 Å². The molecule has 2 atom stereocenters. The Morgan fingerprint density at radius 1 is 1.29 bits per heavy atom. The van der Waals surface area contributed by atoms with Crippen molar-refractivity contribution in [2.24, 2.45) is 4.99 Å². The smallest absolute Gasteiger partial charge is 0.191 e.